The molecule has 4 heteroatoms. The fourth-order valence-corrected chi connectivity index (χ4v) is 5.35. The van der Waals surface area contributed by atoms with Gasteiger partial charge >= 0.3 is 11.9 Å². The Kier molecular flexibility index (Phi) is 31.1. The number of hydrogen-bond acceptors (Lipinski definition) is 3. The topological polar surface area (TPSA) is 63.6 Å². The van der Waals surface area contributed by atoms with E-state index in [0.29, 0.717) is 6.42 Å². The van der Waals surface area contributed by atoms with Gasteiger partial charge in [0.1, 0.15) is 6.10 Å². The molecular formula is C36H68O4. The van der Waals surface area contributed by atoms with Crippen LogP contribution in [0.1, 0.15) is 200 Å². The van der Waals surface area contributed by atoms with Crippen molar-refractivity contribution in [2.24, 2.45) is 0 Å². The highest BCUT2D eigenvalue weighted by Crippen LogP contribution is 2.18. The van der Waals surface area contributed by atoms with E-state index in [1.165, 1.54) is 109 Å². The van der Waals surface area contributed by atoms with E-state index in [1.54, 1.807) is 0 Å². The lowest BCUT2D eigenvalue weighted by molar-refractivity contribution is -0.150. The number of carbonyl (C=O) groups is 2. The molecule has 0 aromatic carbocycles. The van der Waals surface area contributed by atoms with Crippen LogP contribution in [0.3, 0.4) is 0 Å². The largest absolute Gasteiger partial charge is 0.481 e. The second kappa shape index (κ2) is 32.2. The van der Waals surface area contributed by atoms with Crippen molar-refractivity contribution in [2.45, 2.75) is 206 Å². The molecule has 0 saturated heterocycles. The summed E-state index contributed by atoms with van der Waals surface area (Å²) in [6.45, 7) is 4.52. The summed E-state index contributed by atoms with van der Waals surface area (Å²) < 4.78 is 5.95. The van der Waals surface area contributed by atoms with Crippen LogP contribution in [0.15, 0.2) is 12.2 Å². The van der Waals surface area contributed by atoms with Gasteiger partial charge in [0.05, 0.1) is 0 Å². The first kappa shape index (κ1) is 38.7. The van der Waals surface area contributed by atoms with E-state index in [4.69, 9.17) is 9.84 Å². The van der Waals surface area contributed by atoms with E-state index in [2.05, 4.69) is 26.0 Å². The lowest BCUT2D eigenvalue weighted by Gasteiger charge is -2.18. The van der Waals surface area contributed by atoms with Crippen molar-refractivity contribution in [2.75, 3.05) is 0 Å². The predicted molar refractivity (Wildman–Crippen MR) is 172 cm³/mol. The zero-order valence-electron chi connectivity index (χ0n) is 26.9. The number of carboxylic acids is 1. The van der Waals surface area contributed by atoms with Crippen molar-refractivity contribution in [3.05, 3.63) is 12.2 Å². The second-order valence-corrected chi connectivity index (χ2v) is 12.1. The van der Waals surface area contributed by atoms with Crippen LogP contribution in [0.25, 0.3) is 0 Å². The zero-order valence-corrected chi connectivity index (χ0v) is 26.9. The lowest BCUT2D eigenvalue weighted by Crippen LogP contribution is -2.18. The number of ether oxygens (including phenoxy) is 1. The van der Waals surface area contributed by atoms with Gasteiger partial charge in [-0.25, -0.2) is 0 Å². The molecule has 0 aromatic heterocycles. The molecule has 0 radical (unpaired) electrons. The first-order valence-electron chi connectivity index (χ1n) is 17.7. The summed E-state index contributed by atoms with van der Waals surface area (Å²) in [7, 11) is 0. The molecule has 0 aliphatic heterocycles. The first-order valence-corrected chi connectivity index (χ1v) is 17.7. The number of carbonyl (C=O) groups excluding carboxylic acids is 1. The number of allylic oxidation sites excluding steroid dienone is 2. The summed E-state index contributed by atoms with van der Waals surface area (Å²) in [5.41, 5.74) is 0. The van der Waals surface area contributed by atoms with Gasteiger partial charge in [-0.1, -0.05) is 135 Å². The molecule has 1 atom stereocenters. The first-order chi connectivity index (χ1) is 19.6. The van der Waals surface area contributed by atoms with Gasteiger partial charge in [-0.2, -0.15) is 0 Å². The van der Waals surface area contributed by atoms with Gasteiger partial charge in [0.2, 0.25) is 0 Å². The summed E-state index contributed by atoms with van der Waals surface area (Å²) in [6.07, 6.45) is 37.9. The van der Waals surface area contributed by atoms with Gasteiger partial charge in [-0.05, 0) is 64.2 Å². The molecule has 1 N–H and O–H groups in total. The number of carboxylic acid groups (broad SMARTS) is 1. The number of esters is 1. The van der Waals surface area contributed by atoms with Crippen molar-refractivity contribution in [3.63, 3.8) is 0 Å². The highest BCUT2D eigenvalue weighted by atomic mass is 16.5. The molecule has 0 amide bonds. The zero-order chi connectivity index (χ0) is 29.4. The van der Waals surface area contributed by atoms with Gasteiger partial charge < -0.3 is 9.84 Å². The number of hydrogen-bond donors (Lipinski definition) is 1. The molecule has 40 heavy (non-hydrogen) atoms. The molecule has 0 aliphatic rings. The van der Waals surface area contributed by atoms with Gasteiger partial charge in [0, 0.05) is 12.8 Å². The fourth-order valence-electron chi connectivity index (χ4n) is 5.35. The normalized spacial score (nSPS) is 12.2. The third kappa shape index (κ3) is 31.2. The van der Waals surface area contributed by atoms with Crippen LogP contribution in [-0.2, 0) is 14.3 Å². The van der Waals surface area contributed by atoms with Crippen LogP contribution in [0.2, 0.25) is 0 Å². The maximum Gasteiger partial charge on any atom is 0.306 e. The Hall–Kier alpha value is -1.32. The summed E-state index contributed by atoms with van der Waals surface area (Å²) >= 11 is 0. The summed E-state index contributed by atoms with van der Waals surface area (Å²) in [5, 5.41) is 8.77. The Morgan fingerprint density at radius 1 is 0.525 bits per heavy atom. The van der Waals surface area contributed by atoms with E-state index >= 15 is 0 Å². The average Bonchev–Trinajstić information content (AvgIpc) is 2.93. The van der Waals surface area contributed by atoms with Crippen molar-refractivity contribution in [1.29, 1.82) is 0 Å². The molecule has 0 aliphatic carbocycles. The van der Waals surface area contributed by atoms with E-state index in [0.717, 1.165) is 64.2 Å². The molecule has 0 spiro atoms. The molecule has 4 nitrogen and oxygen atoms in total. The molecule has 0 fully saturated rings. The Morgan fingerprint density at radius 3 is 1.35 bits per heavy atom. The van der Waals surface area contributed by atoms with Crippen molar-refractivity contribution < 1.29 is 19.4 Å². The van der Waals surface area contributed by atoms with Crippen LogP contribution in [-0.4, -0.2) is 23.1 Å². The van der Waals surface area contributed by atoms with Gasteiger partial charge in [0.25, 0.3) is 0 Å². The maximum absolute atomic E-state index is 12.5. The maximum atomic E-state index is 12.5. The Bertz CT molecular complexity index is 571. The Balaban J connectivity index is 3.95. The Labute approximate surface area is 249 Å². The molecule has 236 valence electrons. The van der Waals surface area contributed by atoms with Crippen molar-refractivity contribution in [1.82, 2.24) is 0 Å². The summed E-state index contributed by atoms with van der Waals surface area (Å²) in [5.74, 6) is -0.708. The van der Waals surface area contributed by atoms with Crippen molar-refractivity contribution >= 4 is 11.9 Å². The minimum atomic E-state index is -0.701. The minimum Gasteiger partial charge on any atom is -0.481 e. The third-order valence-electron chi connectivity index (χ3n) is 7.99. The van der Waals surface area contributed by atoms with Gasteiger partial charge in [-0.3, -0.25) is 9.59 Å². The fraction of sp³-hybridized carbons (Fsp3) is 0.889. The molecular weight excluding hydrogens is 496 g/mol. The SMILES string of the molecule is CCCCCCCC/C=C\CCCCCCCC(=O)O[C@H](CCCCCCCCC)CCCCCCCC(=O)O. The molecule has 0 unspecified atom stereocenters. The predicted octanol–water partition coefficient (Wildman–Crippen LogP) is 11.9. The van der Waals surface area contributed by atoms with E-state index in [1.807, 2.05) is 0 Å². The standard InChI is InChI=1S/C36H68O4/c1-3-5-7-9-11-12-13-14-15-16-17-18-20-25-29-33-36(39)40-34(30-26-22-19-10-8-6-4-2)31-27-23-21-24-28-32-35(37)38/h14-15,34H,3-13,16-33H2,1-2H3,(H,37,38)/b15-14-/t34-/m1/s1. The number of aliphatic carboxylic acids is 1. The van der Waals surface area contributed by atoms with E-state index in [-0.39, 0.29) is 18.5 Å². The van der Waals surface area contributed by atoms with Crippen molar-refractivity contribution in [3.8, 4) is 0 Å². The van der Waals surface area contributed by atoms with Gasteiger partial charge in [0.15, 0.2) is 0 Å². The van der Waals surface area contributed by atoms with Crippen LogP contribution < -0.4 is 0 Å². The van der Waals surface area contributed by atoms with Crippen LogP contribution in [0.4, 0.5) is 0 Å². The van der Waals surface area contributed by atoms with Crippen LogP contribution in [0, 0.1) is 0 Å². The highest BCUT2D eigenvalue weighted by molar-refractivity contribution is 5.69. The molecule has 0 rings (SSSR count). The molecule has 0 aromatic rings. The third-order valence-corrected chi connectivity index (χ3v) is 7.99. The van der Waals surface area contributed by atoms with Crippen LogP contribution in [0.5, 0.6) is 0 Å². The smallest absolute Gasteiger partial charge is 0.306 e. The van der Waals surface area contributed by atoms with E-state index in [9.17, 15) is 9.59 Å². The number of rotatable bonds is 32. The molecule has 0 heterocycles. The van der Waals surface area contributed by atoms with Crippen LogP contribution >= 0.6 is 0 Å². The molecule has 0 bridgehead atoms. The lowest BCUT2D eigenvalue weighted by atomic mass is 10.0. The Morgan fingerprint density at radius 2 is 0.900 bits per heavy atom. The van der Waals surface area contributed by atoms with Gasteiger partial charge in [-0.15, -0.1) is 0 Å². The quantitative estimate of drug-likeness (QED) is 0.0501. The monoisotopic (exact) mass is 565 g/mol. The summed E-state index contributed by atoms with van der Waals surface area (Å²) in [4.78, 5) is 23.2. The second-order valence-electron chi connectivity index (χ2n) is 12.1. The molecule has 0 saturated carbocycles. The average molecular weight is 565 g/mol. The summed E-state index contributed by atoms with van der Waals surface area (Å²) in [6, 6.07) is 0. The van der Waals surface area contributed by atoms with E-state index < -0.39 is 5.97 Å². The number of unbranched alkanes of at least 4 members (excludes halogenated alkanes) is 21. The minimum absolute atomic E-state index is 0.00738. The highest BCUT2D eigenvalue weighted by Gasteiger charge is 2.14.